The van der Waals surface area contributed by atoms with Crippen molar-refractivity contribution in [1.29, 1.82) is 0 Å². The summed E-state index contributed by atoms with van der Waals surface area (Å²) in [5, 5.41) is 19.4. The summed E-state index contributed by atoms with van der Waals surface area (Å²) in [6, 6.07) is 2.28. The molecule has 1 unspecified atom stereocenters. The van der Waals surface area contributed by atoms with Gasteiger partial charge in [0.25, 0.3) is 5.69 Å². The van der Waals surface area contributed by atoms with E-state index >= 15 is 0 Å². The number of nitro benzene ring substituents is 1. The summed E-state index contributed by atoms with van der Waals surface area (Å²) in [5.74, 6) is -2.60. The lowest BCUT2D eigenvalue weighted by atomic mass is 10.2. The number of aliphatic carboxylic acids is 1. The van der Waals surface area contributed by atoms with Crippen LogP contribution in [0.3, 0.4) is 0 Å². The molecule has 11 heteroatoms. The Hall–Kier alpha value is -2.53. The van der Waals surface area contributed by atoms with Crippen LogP contribution in [0.1, 0.15) is 6.42 Å². The molecule has 4 N–H and O–H groups in total. The highest BCUT2D eigenvalue weighted by Gasteiger charge is 2.27. The summed E-state index contributed by atoms with van der Waals surface area (Å²) < 4.78 is 25.7. The summed E-state index contributed by atoms with van der Waals surface area (Å²) >= 11 is 0. The van der Waals surface area contributed by atoms with Crippen LogP contribution in [0.2, 0.25) is 0 Å². The average molecular weight is 317 g/mol. The summed E-state index contributed by atoms with van der Waals surface area (Å²) in [4.78, 5) is 30.9. The van der Waals surface area contributed by atoms with Crippen LogP contribution < -0.4 is 10.5 Å². The van der Waals surface area contributed by atoms with E-state index in [-0.39, 0.29) is 0 Å². The number of carboxylic acid groups (broad SMARTS) is 1. The predicted octanol–water partition coefficient (Wildman–Crippen LogP) is -0.798. The number of rotatable bonds is 7. The van der Waals surface area contributed by atoms with E-state index in [1.54, 1.807) is 4.72 Å². The Kier molecular flexibility index (Phi) is 4.94. The lowest BCUT2D eigenvalue weighted by Crippen LogP contribution is -2.43. The van der Waals surface area contributed by atoms with Crippen molar-refractivity contribution >= 4 is 27.6 Å². The molecule has 0 saturated heterocycles. The zero-order valence-electron chi connectivity index (χ0n) is 10.4. The van der Waals surface area contributed by atoms with E-state index in [0.29, 0.717) is 0 Å². The van der Waals surface area contributed by atoms with Crippen molar-refractivity contribution < 1.29 is 28.0 Å². The molecule has 1 aromatic rings. The van der Waals surface area contributed by atoms with Gasteiger partial charge >= 0.3 is 5.97 Å². The first-order valence-corrected chi connectivity index (χ1v) is 6.89. The number of nitrogens with two attached hydrogens (primary N) is 1. The van der Waals surface area contributed by atoms with E-state index in [4.69, 9.17) is 10.8 Å². The van der Waals surface area contributed by atoms with Crippen LogP contribution in [0.25, 0.3) is 0 Å². The maximum absolute atomic E-state index is 12.0. The molecule has 1 rings (SSSR count). The molecule has 10 nitrogen and oxygen atoms in total. The van der Waals surface area contributed by atoms with E-state index in [9.17, 15) is 28.1 Å². The average Bonchev–Trinajstić information content (AvgIpc) is 2.37. The number of nitrogens with zero attached hydrogens (tertiary/aromatic N) is 1. The van der Waals surface area contributed by atoms with Crippen LogP contribution in [0.4, 0.5) is 5.69 Å². The molecule has 0 aliphatic rings. The van der Waals surface area contributed by atoms with Gasteiger partial charge in [-0.2, -0.15) is 4.72 Å². The molecule has 1 amide bonds. The van der Waals surface area contributed by atoms with Gasteiger partial charge in [-0.15, -0.1) is 0 Å². The largest absolute Gasteiger partial charge is 0.480 e. The highest BCUT2D eigenvalue weighted by atomic mass is 32.2. The van der Waals surface area contributed by atoms with E-state index < -0.39 is 49.9 Å². The van der Waals surface area contributed by atoms with Crippen molar-refractivity contribution in [3.05, 3.63) is 34.4 Å². The Morgan fingerprint density at radius 3 is 2.52 bits per heavy atom. The summed E-state index contributed by atoms with van der Waals surface area (Å²) in [6.07, 6.45) is -0.747. The van der Waals surface area contributed by atoms with E-state index in [1.165, 1.54) is 0 Å². The third-order valence-corrected chi connectivity index (χ3v) is 3.81. The fourth-order valence-electron chi connectivity index (χ4n) is 1.40. The molecule has 0 bridgehead atoms. The second kappa shape index (κ2) is 6.28. The monoisotopic (exact) mass is 317 g/mol. The molecule has 0 aliphatic carbocycles. The third kappa shape index (κ3) is 4.50. The number of carbonyl (C=O) groups is 2. The fourth-order valence-corrected chi connectivity index (χ4v) is 2.63. The van der Waals surface area contributed by atoms with Crippen molar-refractivity contribution in [3.8, 4) is 0 Å². The number of amides is 1. The number of non-ortho nitro benzene ring substituents is 1. The van der Waals surface area contributed by atoms with Gasteiger partial charge in [-0.3, -0.25) is 19.7 Å². The Labute approximate surface area is 118 Å². The Morgan fingerprint density at radius 1 is 1.43 bits per heavy atom. The van der Waals surface area contributed by atoms with E-state index in [0.717, 1.165) is 24.3 Å². The van der Waals surface area contributed by atoms with Crippen LogP contribution in [0.15, 0.2) is 29.2 Å². The van der Waals surface area contributed by atoms with Crippen molar-refractivity contribution in [2.45, 2.75) is 17.4 Å². The SMILES string of the molecule is NC(=O)CC(NS(=O)(=O)c1cccc([N+](=O)[O-])c1)C(=O)O. The molecule has 1 atom stereocenters. The van der Waals surface area contributed by atoms with Crippen LogP contribution in [0, 0.1) is 10.1 Å². The number of sulfonamides is 1. The Balaban J connectivity index is 3.10. The third-order valence-electron chi connectivity index (χ3n) is 2.34. The zero-order valence-corrected chi connectivity index (χ0v) is 11.2. The maximum atomic E-state index is 12.0. The topological polar surface area (TPSA) is 170 Å². The number of hydrogen-bond donors (Lipinski definition) is 3. The molecule has 0 saturated carbocycles. The lowest BCUT2D eigenvalue weighted by molar-refractivity contribution is -0.385. The van der Waals surface area contributed by atoms with Crippen LogP contribution in [0.5, 0.6) is 0 Å². The van der Waals surface area contributed by atoms with Crippen LogP contribution in [-0.2, 0) is 19.6 Å². The lowest BCUT2D eigenvalue weighted by Gasteiger charge is -2.13. The van der Waals surface area contributed by atoms with Crippen molar-refractivity contribution in [2.24, 2.45) is 5.73 Å². The molecule has 21 heavy (non-hydrogen) atoms. The van der Waals surface area contributed by atoms with Gasteiger partial charge in [0.2, 0.25) is 15.9 Å². The minimum atomic E-state index is -4.35. The van der Waals surface area contributed by atoms with Gasteiger partial charge in [-0.1, -0.05) is 6.07 Å². The molecular weight excluding hydrogens is 306 g/mol. The molecule has 0 spiro atoms. The van der Waals surface area contributed by atoms with E-state index in [1.807, 2.05) is 0 Å². The Morgan fingerprint density at radius 2 is 2.05 bits per heavy atom. The van der Waals surface area contributed by atoms with Gasteiger partial charge in [0.05, 0.1) is 16.2 Å². The van der Waals surface area contributed by atoms with Crippen molar-refractivity contribution in [1.82, 2.24) is 4.72 Å². The quantitative estimate of drug-likeness (QED) is 0.436. The first-order valence-electron chi connectivity index (χ1n) is 5.41. The zero-order chi connectivity index (χ0) is 16.2. The minimum Gasteiger partial charge on any atom is -0.480 e. The minimum absolute atomic E-state index is 0.473. The molecule has 0 aliphatic heterocycles. The fraction of sp³-hybridized carbons (Fsp3) is 0.200. The van der Waals surface area contributed by atoms with Gasteiger partial charge in [0.1, 0.15) is 6.04 Å². The highest BCUT2D eigenvalue weighted by Crippen LogP contribution is 2.17. The van der Waals surface area contributed by atoms with Crippen molar-refractivity contribution in [2.75, 3.05) is 0 Å². The smallest absolute Gasteiger partial charge is 0.322 e. The highest BCUT2D eigenvalue weighted by molar-refractivity contribution is 7.89. The van der Waals surface area contributed by atoms with Gasteiger partial charge in [-0.25, -0.2) is 8.42 Å². The second-order valence-corrected chi connectivity index (χ2v) is 5.65. The van der Waals surface area contributed by atoms with Gasteiger partial charge < -0.3 is 10.8 Å². The number of nitro groups is 1. The van der Waals surface area contributed by atoms with E-state index in [2.05, 4.69) is 0 Å². The number of hydrogen-bond acceptors (Lipinski definition) is 6. The predicted molar refractivity (Wildman–Crippen MR) is 68.7 cm³/mol. The van der Waals surface area contributed by atoms with Gasteiger partial charge in [0, 0.05) is 12.1 Å². The van der Waals surface area contributed by atoms with Gasteiger partial charge in [-0.05, 0) is 6.07 Å². The molecule has 0 radical (unpaired) electrons. The first kappa shape index (κ1) is 16.5. The number of carboxylic acids is 1. The Bertz CT molecular complexity index is 686. The molecule has 0 fully saturated rings. The maximum Gasteiger partial charge on any atom is 0.322 e. The molecular formula is C10H11N3O7S. The number of carbonyl (C=O) groups excluding carboxylic acids is 1. The molecule has 0 aromatic heterocycles. The summed E-state index contributed by atoms with van der Waals surface area (Å²) in [7, 11) is -4.35. The molecule has 1 aromatic carbocycles. The van der Waals surface area contributed by atoms with Crippen LogP contribution in [-0.4, -0.2) is 36.4 Å². The van der Waals surface area contributed by atoms with Crippen LogP contribution >= 0.6 is 0 Å². The number of primary amides is 1. The standard InChI is InChI=1S/C10H11N3O7S/c11-9(14)5-8(10(15)16)12-21(19,20)7-3-1-2-6(4-7)13(17)18/h1-4,8,12H,5H2,(H2,11,14)(H,15,16). The molecule has 0 heterocycles. The number of benzene rings is 1. The summed E-state index contributed by atoms with van der Waals surface area (Å²) in [6.45, 7) is 0. The van der Waals surface area contributed by atoms with Gasteiger partial charge in [0.15, 0.2) is 0 Å². The first-order chi connectivity index (χ1) is 9.63. The second-order valence-electron chi connectivity index (χ2n) is 3.94. The molecule has 114 valence electrons. The van der Waals surface area contributed by atoms with Crippen molar-refractivity contribution in [3.63, 3.8) is 0 Å². The number of nitrogens with one attached hydrogen (secondary N) is 1. The summed E-state index contributed by atoms with van der Waals surface area (Å²) in [5.41, 5.74) is 4.35. The normalized spacial score (nSPS) is 12.6.